The Kier molecular flexibility index (Phi) is 5.18. The average molecular weight is 387 g/mol. The topological polar surface area (TPSA) is 58.5 Å². The smallest absolute Gasteiger partial charge is 0.200 e. The normalized spacial score (nSPS) is 12.7. The van der Waals surface area contributed by atoms with E-state index in [1.165, 1.54) is 23.5 Å². The SMILES string of the molecule is CC(C)/C(=N/NS(=O)(=O)c1ccc(Br)cc1)c1cccs1. The fourth-order valence-corrected chi connectivity index (χ4v) is 3.61. The van der Waals surface area contributed by atoms with Crippen LogP contribution in [0.5, 0.6) is 0 Å². The molecule has 2 rings (SSSR count). The molecule has 7 heteroatoms. The first-order chi connectivity index (χ1) is 9.90. The minimum absolute atomic E-state index is 0.122. The van der Waals surface area contributed by atoms with Gasteiger partial charge in [-0.15, -0.1) is 11.3 Å². The van der Waals surface area contributed by atoms with Crippen LogP contribution in [0, 0.1) is 5.92 Å². The van der Waals surface area contributed by atoms with Crippen molar-refractivity contribution in [3.63, 3.8) is 0 Å². The average Bonchev–Trinajstić information content (AvgIpc) is 2.93. The van der Waals surface area contributed by atoms with E-state index in [4.69, 9.17) is 0 Å². The highest BCUT2D eigenvalue weighted by Gasteiger charge is 2.15. The number of hydrogen-bond acceptors (Lipinski definition) is 4. The van der Waals surface area contributed by atoms with Gasteiger partial charge in [0.15, 0.2) is 0 Å². The number of halogens is 1. The Morgan fingerprint density at radius 1 is 1.24 bits per heavy atom. The Morgan fingerprint density at radius 2 is 1.90 bits per heavy atom. The molecule has 0 bridgehead atoms. The lowest BCUT2D eigenvalue weighted by atomic mass is 10.1. The van der Waals surface area contributed by atoms with Crippen LogP contribution < -0.4 is 4.83 Å². The highest BCUT2D eigenvalue weighted by Crippen LogP contribution is 2.17. The van der Waals surface area contributed by atoms with Crippen LogP contribution in [0.1, 0.15) is 18.7 Å². The first-order valence-corrected chi connectivity index (χ1v) is 9.44. The van der Waals surface area contributed by atoms with Crippen LogP contribution in [0.25, 0.3) is 0 Å². The van der Waals surface area contributed by atoms with Crippen LogP contribution >= 0.6 is 27.3 Å². The van der Waals surface area contributed by atoms with Gasteiger partial charge in [-0.1, -0.05) is 35.8 Å². The quantitative estimate of drug-likeness (QED) is 0.626. The lowest BCUT2D eigenvalue weighted by molar-refractivity contribution is 0.584. The van der Waals surface area contributed by atoms with E-state index in [-0.39, 0.29) is 10.8 Å². The summed E-state index contributed by atoms with van der Waals surface area (Å²) in [5.41, 5.74) is 0.727. The van der Waals surface area contributed by atoms with E-state index in [2.05, 4.69) is 25.9 Å². The lowest BCUT2D eigenvalue weighted by Gasteiger charge is -2.09. The fourth-order valence-electron chi connectivity index (χ4n) is 1.67. The molecule has 4 nitrogen and oxygen atoms in total. The Morgan fingerprint density at radius 3 is 2.43 bits per heavy atom. The summed E-state index contributed by atoms with van der Waals surface area (Å²) in [4.78, 5) is 3.46. The van der Waals surface area contributed by atoms with Crippen molar-refractivity contribution in [3.05, 3.63) is 51.1 Å². The second-order valence-electron chi connectivity index (χ2n) is 4.68. The summed E-state index contributed by atoms with van der Waals surface area (Å²) >= 11 is 4.81. The predicted molar refractivity (Wildman–Crippen MR) is 90.2 cm³/mol. The molecule has 1 N–H and O–H groups in total. The second kappa shape index (κ2) is 6.72. The number of benzene rings is 1. The molecule has 112 valence electrons. The van der Waals surface area contributed by atoms with Crippen molar-refractivity contribution in [3.8, 4) is 0 Å². The number of nitrogens with one attached hydrogen (secondary N) is 1. The molecule has 0 spiro atoms. The largest absolute Gasteiger partial charge is 0.276 e. The van der Waals surface area contributed by atoms with Gasteiger partial charge in [0, 0.05) is 4.47 Å². The minimum Gasteiger partial charge on any atom is -0.200 e. The highest BCUT2D eigenvalue weighted by molar-refractivity contribution is 9.10. The number of rotatable bonds is 5. The van der Waals surface area contributed by atoms with Crippen molar-refractivity contribution in [1.29, 1.82) is 0 Å². The van der Waals surface area contributed by atoms with Crippen LogP contribution in [0.3, 0.4) is 0 Å². The molecule has 0 aliphatic heterocycles. The Balaban J connectivity index is 2.27. The van der Waals surface area contributed by atoms with Crippen molar-refractivity contribution in [1.82, 2.24) is 4.83 Å². The standard InChI is InChI=1S/C14H15BrN2O2S2/c1-10(2)14(13-4-3-9-20-13)16-17-21(18,19)12-7-5-11(15)6-8-12/h3-10,17H,1-2H3/b16-14-. The Bertz CT molecular complexity index is 721. The van der Waals surface area contributed by atoms with Crippen molar-refractivity contribution in [2.45, 2.75) is 18.7 Å². The van der Waals surface area contributed by atoms with Crippen LogP contribution in [0.2, 0.25) is 0 Å². The number of sulfonamides is 1. The van der Waals surface area contributed by atoms with Gasteiger partial charge in [0.1, 0.15) is 0 Å². The Hall–Kier alpha value is -1.18. The van der Waals surface area contributed by atoms with Gasteiger partial charge in [-0.05, 0) is 41.6 Å². The zero-order valence-corrected chi connectivity index (χ0v) is 14.8. The summed E-state index contributed by atoms with van der Waals surface area (Å²) < 4.78 is 25.2. The van der Waals surface area contributed by atoms with Gasteiger partial charge in [-0.2, -0.15) is 18.4 Å². The first-order valence-electron chi connectivity index (χ1n) is 6.29. The third-order valence-corrected chi connectivity index (χ3v) is 5.38. The maximum absolute atomic E-state index is 12.2. The van der Waals surface area contributed by atoms with E-state index < -0.39 is 10.0 Å². The number of hydrazone groups is 1. The summed E-state index contributed by atoms with van der Waals surface area (Å²) in [6, 6.07) is 10.3. The van der Waals surface area contributed by atoms with Crippen molar-refractivity contribution in [2.75, 3.05) is 0 Å². The van der Waals surface area contributed by atoms with Gasteiger partial charge in [-0.3, -0.25) is 0 Å². The van der Waals surface area contributed by atoms with Crippen LogP contribution in [-0.2, 0) is 10.0 Å². The molecule has 0 aliphatic rings. The molecule has 2 aromatic rings. The molecule has 0 unspecified atom stereocenters. The third-order valence-electron chi connectivity index (χ3n) is 2.73. The fraction of sp³-hybridized carbons (Fsp3) is 0.214. The van der Waals surface area contributed by atoms with Crippen molar-refractivity contribution < 1.29 is 8.42 Å². The molecule has 1 aromatic heterocycles. The zero-order chi connectivity index (χ0) is 15.5. The first kappa shape index (κ1) is 16.2. The molecule has 0 amide bonds. The van der Waals surface area contributed by atoms with Gasteiger partial charge in [-0.25, -0.2) is 0 Å². The maximum atomic E-state index is 12.2. The maximum Gasteiger partial charge on any atom is 0.276 e. The van der Waals surface area contributed by atoms with E-state index in [9.17, 15) is 8.42 Å². The van der Waals surface area contributed by atoms with E-state index in [0.717, 1.165) is 15.1 Å². The number of hydrogen-bond donors (Lipinski definition) is 1. The van der Waals surface area contributed by atoms with Crippen LogP contribution in [0.4, 0.5) is 0 Å². The molecule has 0 saturated heterocycles. The molecule has 0 fully saturated rings. The molecule has 1 heterocycles. The third kappa shape index (κ3) is 4.15. The van der Waals surface area contributed by atoms with Crippen molar-refractivity contribution in [2.24, 2.45) is 11.0 Å². The number of nitrogens with zero attached hydrogens (tertiary/aromatic N) is 1. The van der Waals surface area contributed by atoms with E-state index >= 15 is 0 Å². The van der Waals surface area contributed by atoms with Crippen LogP contribution in [0.15, 0.2) is 56.2 Å². The van der Waals surface area contributed by atoms with E-state index in [0.29, 0.717) is 0 Å². The van der Waals surface area contributed by atoms with Gasteiger partial charge in [0.2, 0.25) is 0 Å². The van der Waals surface area contributed by atoms with Gasteiger partial charge < -0.3 is 0 Å². The summed E-state index contributed by atoms with van der Waals surface area (Å²) in [6.45, 7) is 3.96. The molecule has 0 atom stereocenters. The summed E-state index contributed by atoms with van der Waals surface area (Å²) in [6.07, 6.45) is 0. The second-order valence-corrected chi connectivity index (χ2v) is 8.20. The van der Waals surface area contributed by atoms with Crippen molar-refractivity contribution >= 4 is 43.0 Å². The summed E-state index contributed by atoms with van der Waals surface area (Å²) in [7, 11) is -3.65. The molecule has 1 aromatic carbocycles. The molecule has 0 radical (unpaired) electrons. The predicted octanol–water partition coefficient (Wildman–Crippen LogP) is 3.85. The molecule has 0 saturated carbocycles. The Labute approximate surface area is 137 Å². The summed E-state index contributed by atoms with van der Waals surface area (Å²) in [5.74, 6) is 0.122. The van der Waals surface area contributed by atoms with Gasteiger partial charge in [0.25, 0.3) is 10.0 Å². The van der Waals surface area contributed by atoms with E-state index in [1.807, 2.05) is 31.4 Å². The van der Waals surface area contributed by atoms with E-state index in [1.54, 1.807) is 12.1 Å². The van der Waals surface area contributed by atoms with Gasteiger partial charge in [0.05, 0.1) is 15.5 Å². The molecular formula is C14H15BrN2O2S2. The minimum atomic E-state index is -3.65. The molecular weight excluding hydrogens is 372 g/mol. The van der Waals surface area contributed by atoms with Gasteiger partial charge >= 0.3 is 0 Å². The van der Waals surface area contributed by atoms with Crippen LogP contribution in [-0.4, -0.2) is 14.1 Å². The molecule has 0 aliphatic carbocycles. The highest BCUT2D eigenvalue weighted by atomic mass is 79.9. The summed E-state index contributed by atoms with van der Waals surface area (Å²) in [5, 5.41) is 6.05. The number of thiophene rings is 1. The zero-order valence-electron chi connectivity index (χ0n) is 11.6. The monoisotopic (exact) mass is 386 g/mol. The molecule has 21 heavy (non-hydrogen) atoms. The lowest BCUT2D eigenvalue weighted by Crippen LogP contribution is -2.22.